The van der Waals surface area contributed by atoms with Gasteiger partial charge in [0.05, 0.1) is 0 Å². The molecule has 0 radical (unpaired) electrons. The van der Waals surface area contributed by atoms with Crippen molar-refractivity contribution in [3.8, 4) is 44.5 Å². The summed E-state index contributed by atoms with van der Waals surface area (Å²) in [6, 6.07) is 101. The Kier molecular flexibility index (Phi) is 17.0. The van der Waals surface area contributed by atoms with Gasteiger partial charge in [0.25, 0.3) is 0 Å². The quantitative estimate of drug-likeness (QED) is 0.0791. The first-order valence-electron chi connectivity index (χ1n) is 28.8. The first-order valence-corrected chi connectivity index (χ1v) is 28.8. The molecule has 14 rings (SSSR count). The van der Waals surface area contributed by atoms with Crippen LogP contribution < -0.4 is 4.90 Å². The Morgan fingerprint density at radius 3 is 0.940 bits per heavy atom. The normalized spacial score (nSPS) is 11.1. The van der Waals surface area contributed by atoms with E-state index in [1.54, 1.807) is 18.2 Å². The summed E-state index contributed by atoms with van der Waals surface area (Å²) in [6.45, 7) is 16.1. The predicted octanol–water partition coefficient (Wildman–Crippen LogP) is 24.6. The van der Waals surface area contributed by atoms with Gasteiger partial charge in [-0.3, -0.25) is 0 Å². The Hall–Kier alpha value is -10.6. The maximum atomic E-state index is 3.46. The summed E-state index contributed by atoms with van der Waals surface area (Å²) in [5, 5.41) is 17.8. The molecule has 0 aliphatic carbocycles. The Morgan fingerprint density at radius 2 is 0.548 bits per heavy atom. The third-order valence-electron chi connectivity index (χ3n) is 15.6. The fourth-order valence-electron chi connectivity index (χ4n) is 11.4. The topological polar surface area (TPSA) is 3.24 Å². The summed E-state index contributed by atoms with van der Waals surface area (Å²) in [4.78, 5) is 2.40. The van der Waals surface area contributed by atoms with E-state index in [4.69, 9.17) is 0 Å². The summed E-state index contributed by atoms with van der Waals surface area (Å²) in [6.07, 6.45) is 12.9. The van der Waals surface area contributed by atoms with Crippen LogP contribution in [0.15, 0.2) is 335 Å². The van der Waals surface area contributed by atoms with Gasteiger partial charge in [0.1, 0.15) is 0 Å². The van der Waals surface area contributed by atoms with Crippen LogP contribution in [0.5, 0.6) is 0 Å². The van der Waals surface area contributed by atoms with Crippen LogP contribution in [0.1, 0.15) is 20.8 Å². The molecular weight excluding hydrogens is 1010 g/mol. The molecule has 0 spiro atoms. The third-order valence-corrected chi connectivity index (χ3v) is 15.6. The lowest BCUT2D eigenvalue weighted by atomic mass is 9.93. The molecule has 0 unspecified atom stereocenters. The molecule has 14 aromatic carbocycles. The molecule has 0 N–H and O–H groups in total. The van der Waals surface area contributed by atoms with E-state index in [1.807, 2.05) is 45.1 Å². The van der Waals surface area contributed by atoms with Gasteiger partial charge in [-0.15, -0.1) is 0 Å². The highest BCUT2D eigenvalue weighted by atomic mass is 15.1. The van der Waals surface area contributed by atoms with Gasteiger partial charge in [0, 0.05) is 17.1 Å². The molecule has 0 saturated heterocycles. The molecule has 0 atom stereocenters. The summed E-state index contributed by atoms with van der Waals surface area (Å²) < 4.78 is 0. The largest absolute Gasteiger partial charge is 0.310 e. The third kappa shape index (κ3) is 11.6. The van der Waals surface area contributed by atoms with Crippen LogP contribution in [-0.2, 0) is 0 Å². The van der Waals surface area contributed by atoms with E-state index in [0.717, 1.165) is 17.1 Å². The van der Waals surface area contributed by atoms with Gasteiger partial charge in [0.15, 0.2) is 0 Å². The van der Waals surface area contributed by atoms with Crippen LogP contribution in [0.4, 0.5) is 17.1 Å². The lowest BCUT2D eigenvalue weighted by Gasteiger charge is -2.27. The number of rotatable bonds is 9. The molecule has 1 nitrogen and oxygen atoms in total. The van der Waals surface area contributed by atoms with E-state index < -0.39 is 0 Å². The molecule has 0 aliphatic heterocycles. The summed E-state index contributed by atoms with van der Waals surface area (Å²) in [5.41, 5.74) is 12.9. The first-order chi connectivity index (χ1) is 41.4. The van der Waals surface area contributed by atoms with Crippen molar-refractivity contribution in [2.24, 2.45) is 0 Å². The van der Waals surface area contributed by atoms with Gasteiger partial charge in [-0.1, -0.05) is 275 Å². The summed E-state index contributed by atoms with van der Waals surface area (Å²) in [7, 11) is 0. The number of anilines is 3. The number of hydrogen-bond acceptors (Lipinski definition) is 1. The highest BCUT2D eigenvalue weighted by Gasteiger charge is 2.17. The fraction of sp³-hybridized carbons (Fsp3) is 0.0361. The zero-order chi connectivity index (χ0) is 57.8. The van der Waals surface area contributed by atoms with Crippen molar-refractivity contribution in [1.82, 2.24) is 0 Å². The number of hydrogen-bond donors (Lipinski definition) is 0. The van der Waals surface area contributed by atoms with E-state index >= 15 is 0 Å². The molecule has 1 heteroatoms. The number of benzene rings is 14. The predicted molar refractivity (Wildman–Crippen MR) is 371 cm³/mol. The van der Waals surface area contributed by atoms with Crippen LogP contribution in [0.3, 0.4) is 0 Å². The van der Waals surface area contributed by atoms with Gasteiger partial charge in [-0.2, -0.15) is 0 Å². The van der Waals surface area contributed by atoms with E-state index in [1.165, 1.54) is 120 Å². The van der Waals surface area contributed by atoms with Crippen molar-refractivity contribution in [3.05, 3.63) is 335 Å². The fourth-order valence-corrected chi connectivity index (χ4v) is 11.4. The minimum atomic E-state index is 1.09. The van der Waals surface area contributed by atoms with Crippen molar-refractivity contribution >= 4 is 92.5 Å². The van der Waals surface area contributed by atoms with Crippen molar-refractivity contribution < 1.29 is 0 Å². The minimum Gasteiger partial charge on any atom is -0.310 e. The van der Waals surface area contributed by atoms with Crippen LogP contribution in [0.25, 0.3) is 120 Å². The highest BCUT2D eigenvalue weighted by molar-refractivity contribution is 6.26. The average molecular weight is 1080 g/mol. The maximum Gasteiger partial charge on any atom is 0.0468 e. The number of fused-ring (bicyclic) bond motifs is 12. The smallest absolute Gasteiger partial charge is 0.0468 e. The van der Waals surface area contributed by atoms with Crippen LogP contribution in [0, 0.1) is 0 Å². The Balaban J connectivity index is 0.000000516. The monoisotopic (exact) mass is 1080 g/mol. The second-order valence-corrected chi connectivity index (χ2v) is 20.8. The van der Waals surface area contributed by atoms with E-state index in [0.29, 0.717) is 0 Å². The lowest BCUT2D eigenvalue weighted by molar-refractivity contribution is 1.29. The van der Waals surface area contributed by atoms with Crippen molar-refractivity contribution in [1.29, 1.82) is 0 Å². The summed E-state index contributed by atoms with van der Waals surface area (Å²) in [5.74, 6) is 0. The van der Waals surface area contributed by atoms with Crippen LogP contribution in [0.2, 0.25) is 0 Å². The highest BCUT2D eigenvalue weighted by Crippen LogP contribution is 2.43. The van der Waals surface area contributed by atoms with Crippen LogP contribution >= 0.6 is 0 Å². The molecule has 84 heavy (non-hydrogen) atoms. The first kappa shape index (κ1) is 55.3. The van der Waals surface area contributed by atoms with Crippen molar-refractivity contribution in [3.63, 3.8) is 0 Å². The maximum absolute atomic E-state index is 3.46. The average Bonchev–Trinajstić information content (AvgIpc) is 2.16. The zero-order valence-electron chi connectivity index (χ0n) is 48.1. The molecule has 404 valence electrons. The lowest BCUT2D eigenvalue weighted by Crippen LogP contribution is -2.10. The molecule has 14 aromatic rings. The van der Waals surface area contributed by atoms with Gasteiger partial charge in [0.2, 0.25) is 0 Å². The molecule has 0 amide bonds. The number of allylic oxidation sites excluding steroid dienone is 7. The van der Waals surface area contributed by atoms with Gasteiger partial charge < -0.3 is 4.90 Å². The van der Waals surface area contributed by atoms with Gasteiger partial charge in [-0.25, -0.2) is 0 Å². The Bertz CT molecular complexity index is 4490. The molecule has 0 aliphatic rings. The summed E-state index contributed by atoms with van der Waals surface area (Å²) >= 11 is 0. The molecule has 0 bridgehead atoms. The standard InChI is InChI=1S/C70H45N.C5H8.C4H8.C4H6/c1-3-17-61-48(11-1)23-25-56-43-54(31-38-63(56)61)52-15-9-13-50(41-52)46-27-33-58(34-28-46)71(60-37-40-69-67-21-6-5-19-65(67)66-20-7-8-22-68(66)70(69)45-60)59-35-29-47(30-36-59)51-14-10-16-53(42-51)55-32-39-64-57(44-55)26-24-49-12-2-4-18-62(49)64;1-3-5-4-2;2*1-3-4-2/h1-45H;3-5H,1H2,2H3;3-4H,1-2H3;3-4H,1-2H2/b;5-4-;4-3-;. The SMILES string of the molecule is C/C=C\C.C=C/C=C\C.C=CC=C.c1cc(-c2ccc(N(c3ccc(-c4cccc(-c5ccc6c(ccc7ccccc76)c5)c4)cc3)c3ccc4c5ccccc5c5ccccc5c4c3)cc2)cc(-c2ccc3c(ccc4ccccc43)c2)c1. The van der Waals surface area contributed by atoms with E-state index in [9.17, 15) is 0 Å². The van der Waals surface area contributed by atoms with Gasteiger partial charge in [-0.05, 0) is 201 Å². The molecule has 0 heterocycles. The minimum absolute atomic E-state index is 1.09. The van der Waals surface area contributed by atoms with Crippen LogP contribution in [-0.4, -0.2) is 0 Å². The zero-order valence-corrected chi connectivity index (χ0v) is 48.1. The van der Waals surface area contributed by atoms with E-state index in [2.05, 4.69) is 298 Å². The van der Waals surface area contributed by atoms with Crippen molar-refractivity contribution in [2.45, 2.75) is 20.8 Å². The Labute approximate surface area is 495 Å². The second-order valence-electron chi connectivity index (χ2n) is 20.8. The molecule has 0 fully saturated rings. The number of nitrogens with zero attached hydrogens (tertiary/aromatic N) is 1. The molecule has 0 aromatic heterocycles. The Morgan fingerprint density at radius 1 is 0.226 bits per heavy atom. The molecule has 0 saturated carbocycles. The molecular formula is C83H67N. The van der Waals surface area contributed by atoms with E-state index in [-0.39, 0.29) is 0 Å². The van der Waals surface area contributed by atoms with Crippen molar-refractivity contribution in [2.75, 3.05) is 4.90 Å². The second kappa shape index (κ2) is 25.9. The van der Waals surface area contributed by atoms with Gasteiger partial charge >= 0.3 is 0 Å².